The van der Waals surface area contributed by atoms with Gasteiger partial charge in [-0.2, -0.15) is 0 Å². The van der Waals surface area contributed by atoms with Crippen molar-refractivity contribution >= 4 is 10.0 Å². The molecule has 0 atom stereocenters. The second-order valence-electron chi connectivity index (χ2n) is 3.20. The van der Waals surface area contributed by atoms with Crippen LogP contribution in [0.15, 0.2) is 29.2 Å². The van der Waals surface area contributed by atoms with E-state index in [1.807, 2.05) is 6.92 Å². The van der Waals surface area contributed by atoms with Gasteiger partial charge in [0.15, 0.2) is 5.75 Å². The van der Waals surface area contributed by atoms with Crippen molar-refractivity contribution in [2.24, 2.45) is 0 Å². The fourth-order valence-electron chi connectivity index (χ4n) is 1.13. The summed E-state index contributed by atoms with van der Waals surface area (Å²) >= 11 is 0. The average Bonchev–Trinajstić information content (AvgIpc) is 2.18. The molecule has 0 heterocycles. The fourth-order valence-corrected chi connectivity index (χ4v) is 2.29. The van der Waals surface area contributed by atoms with Gasteiger partial charge in [0.2, 0.25) is 10.0 Å². The van der Waals surface area contributed by atoms with Crippen molar-refractivity contribution in [3.05, 3.63) is 24.3 Å². The maximum atomic E-state index is 11.6. The van der Waals surface area contributed by atoms with Gasteiger partial charge in [-0.15, -0.1) is 0 Å². The Kier molecular flexibility index (Phi) is 4.11. The number of benzene rings is 1. The lowest BCUT2D eigenvalue weighted by Gasteiger charge is -2.05. The standard InChI is InChI=1S/C10H14NO3S/c1-2-3-8-11-15(13,14)10-7-5-4-6-9(10)12/h4-7,11H,2-3,8H2,1H3. The van der Waals surface area contributed by atoms with Crippen LogP contribution in [-0.4, -0.2) is 15.0 Å². The monoisotopic (exact) mass is 228 g/mol. The highest BCUT2D eigenvalue weighted by Gasteiger charge is 2.17. The lowest BCUT2D eigenvalue weighted by atomic mass is 10.3. The predicted octanol–water partition coefficient (Wildman–Crippen LogP) is 1.91. The first kappa shape index (κ1) is 12.0. The van der Waals surface area contributed by atoms with Gasteiger partial charge in [0.25, 0.3) is 0 Å². The summed E-state index contributed by atoms with van der Waals surface area (Å²) in [4.78, 5) is -0.180. The Bertz CT molecular complexity index is 414. The molecule has 1 rings (SSSR count). The molecule has 0 aromatic heterocycles. The molecule has 0 spiro atoms. The fraction of sp³-hybridized carbons (Fsp3) is 0.400. The van der Waals surface area contributed by atoms with Crippen molar-refractivity contribution in [1.29, 1.82) is 0 Å². The molecule has 0 saturated carbocycles. The third-order valence-corrected chi connectivity index (χ3v) is 3.46. The van der Waals surface area contributed by atoms with Gasteiger partial charge in [-0.1, -0.05) is 25.5 Å². The molecule has 0 amide bonds. The van der Waals surface area contributed by atoms with E-state index in [4.69, 9.17) is 0 Å². The summed E-state index contributed by atoms with van der Waals surface area (Å²) < 4.78 is 25.6. The maximum absolute atomic E-state index is 11.6. The van der Waals surface area contributed by atoms with Gasteiger partial charge in [0.1, 0.15) is 4.90 Å². The van der Waals surface area contributed by atoms with E-state index in [9.17, 15) is 13.5 Å². The zero-order valence-corrected chi connectivity index (χ0v) is 9.38. The van der Waals surface area contributed by atoms with Crippen LogP contribution in [0.4, 0.5) is 0 Å². The molecule has 1 N–H and O–H groups in total. The molecule has 0 fully saturated rings. The summed E-state index contributed by atoms with van der Waals surface area (Å²) in [6.45, 7) is 2.34. The number of nitrogens with one attached hydrogen (secondary N) is 1. The van der Waals surface area contributed by atoms with Crippen molar-refractivity contribution in [3.8, 4) is 5.75 Å². The van der Waals surface area contributed by atoms with Crippen LogP contribution in [0.3, 0.4) is 0 Å². The Morgan fingerprint density at radius 3 is 2.53 bits per heavy atom. The zero-order chi connectivity index (χ0) is 11.3. The summed E-state index contributed by atoms with van der Waals surface area (Å²) in [5.74, 6) is -0.471. The molecule has 0 aliphatic carbocycles. The molecule has 1 radical (unpaired) electrons. The van der Waals surface area contributed by atoms with Crippen LogP contribution in [0.5, 0.6) is 5.75 Å². The number of sulfonamides is 1. The smallest absolute Gasteiger partial charge is 0.244 e. The lowest BCUT2D eigenvalue weighted by Crippen LogP contribution is -2.24. The molecule has 0 bridgehead atoms. The summed E-state index contributed by atoms with van der Waals surface area (Å²) in [5, 5.41) is 11.3. The van der Waals surface area contributed by atoms with Gasteiger partial charge in [-0.05, 0) is 18.6 Å². The molecule has 5 heteroatoms. The summed E-state index contributed by atoms with van der Waals surface area (Å²) in [6.07, 6.45) is 1.67. The van der Waals surface area contributed by atoms with Gasteiger partial charge < -0.3 is 0 Å². The number of unbranched alkanes of at least 4 members (excludes halogenated alkanes) is 1. The van der Waals surface area contributed by atoms with Crippen molar-refractivity contribution in [1.82, 2.24) is 4.72 Å². The van der Waals surface area contributed by atoms with Crippen molar-refractivity contribution in [2.45, 2.75) is 24.7 Å². The van der Waals surface area contributed by atoms with E-state index >= 15 is 0 Å². The van der Waals surface area contributed by atoms with E-state index in [1.54, 1.807) is 0 Å². The first-order valence-corrected chi connectivity index (χ1v) is 6.32. The van der Waals surface area contributed by atoms with Crippen LogP contribution in [-0.2, 0) is 15.1 Å². The minimum Gasteiger partial charge on any atom is -0.288 e. The van der Waals surface area contributed by atoms with Crippen LogP contribution in [0, 0.1) is 0 Å². The third-order valence-electron chi connectivity index (χ3n) is 1.96. The Morgan fingerprint density at radius 2 is 1.93 bits per heavy atom. The molecular formula is C10H14NO3S. The number of hydrogen-bond acceptors (Lipinski definition) is 2. The molecule has 0 aliphatic heterocycles. The molecular weight excluding hydrogens is 214 g/mol. The van der Waals surface area contributed by atoms with Crippen molar-refractivity contribution in [3.63, 3.8) is 0 Å². The molecule has 83 valence electrons. The predicted molar refractivity (Wildman–Crippen MR) is 56.7 cm³/mol. The average molecular weight is 228 g/mol. The molecule has 0 saturated heterocycles. The maximum Gasteiger partial charge on any atom is 0.244 e. The number of hydrogen-bond donors (Lipinski definition) is 1. The topological polar surface area (TPSA) is 66.1 Å². The minimum atomic E-state index is -3.63. The van der Waals surface area contributed by atoms with Crippen LogP contribution in [0.25, 0.3) is 0 Å². The van der Waals surface area contributed by atoms with E-state index in [2.05, 4.69) is 4.72 Å². The summed E-state index contributed by atoms with van der Waals surface area (Å²) in [6, 6.07) is 5.62. The largest absolute Gasteiger partial charge is 0.288 e. The lowest BCUT2D eigenvalue weighted by molar-refractivity contribution is 0.342. The summed E-state index contributed by atoms with van der Waals surface area (Å²) in [7, 11) is -3.63. The highest BCUT2D eigenvalue weighted by atomic mass is 32.2. The Hall–Kier alpha value is -1.07. The Labute approximate surface area is 90.0 Å². The zero-order valence-electron chi connectivity index (χ0n) is 8.56. The molecule has 0 aliphatic rings. The third kappa shape index (κ3) is 3.21. The Balaban J connectivity index is 2.83. The van der Waals surface area contributed by atoms with Gasteiger partial charge in [0, 0.05) is 6.54 Å². The van der Waals surface area contributed by atoms with Crippen LogP contribution in [0.1, 0.15) is 19.8 Å². The SMILES string of the molecule is CCCCNS(=O)(=O)c1ccccc1[O]. The molecule has 1 aromatic carbocycles. The van der Waals surface area contributed by atoms with E-state index in [0.717, 1.165) is 12.8 Å². The van der Waals surface area contributed by atoms with Gasteiger partial charge in [0.05, 0.1) is 0 Å². The molecule has 15 heavy (non-hydrogen) atoms. The van der Waals surface area contributed by atoms with E-state index < -0.39 is 15.8 Å². The van der Waals surface area contributed by atoms with E-state index in [1.165, 1.54) is 24.3 Å². The molecule has 4 nitrogen and oxygen atoms in total. The van der Waals surface area contributed by atoms with E-state index in [-0.39, 0.29) is 4.90 Å². The molecule has 0 unspecified atom stereocenters. The number of para-hydroxylation sites is 1. The first-order valence-electron chi connectivity index (χ1n) is 4.83. The first-order chi connectivity index (χ1) is 7.08. The summed E-state index contributed by atoms with van der Waals surface area (Å²) in [5.41, 5.74) is 0. The van der Waals surface area contributed by atoms with Crippen LogP contribution >= 0.6 is 0 Å². The van der Waals surface area contributed by atoms with Crippen molar-refractivity contribution < 1.29 is 13.5 Å². The quantitative estimate of drug-likeness (QED) is 0.782. The second kappa shape index (κ2) is 5.14. The Morgan fingerprint density at radius 1 is 1.27 bits per heavy atom. The normalized spacial score (nSPS) is 11.5. The second-order valence-corrected chi connectivity index (χ2v) is 4.93. The van der Waals surface area contributed by atoms with Crippen molar-refractivity contribution in [2.75, 3.05) is 6.54 Å². The van der Waals surface area contributed by atoms with Crippen LogP contribution < -0.4 is 4.72 Å². The van der Waals surface area contributed by atoms with E-state index in [0.29, 0.717) is 6.54 Å². The van der Waals surface area contributed by atoms with Gasteiger partial charge >= 0.3 is 0 Å². The highest BCUT2D eigenvalue weighted by Crippen LogP contribution is 2.21. The number of rotatable bonds is 5. The minimum absolute atomic E-state index is 0.180. The van der Waals surface area contributed by atoms with Gasteiger partial charge in [-0.3, -0.25) is 5.11 Å². The van der Waals surface area contributed by atoms with Gasteiger partial charge in [-0.25, -0.2) is 13.1 Å². The highest BCUT2D eigenvalue weighted by molar-refractivity contribution is 7.89. The van der Waals surface area contributed by atoms with Crippen LogP contribution in [0.2, 0.25) is 0 Å². The molecule has 1 aromatic rings.